The van der Waals surface area contributed by atoms with Crippen molar-refractivity contribution >= 4 is 21.8 Å². The van der Waals surface area contributed by atoms with E-state index in [2.05, 4.69) is 175 Å². The molecule has 3 aromatic heterocycles. The molecule has 2 atom stereocenters. The number of allylic oxidation sites excluding steroid dienone is 2. The largest absolute Gasteiger partial charge is 0.457 e. The zero-order chi connectivity index (χ0) is 37.9. The lowest BCUT2D eigenvalue weighted by molar-refractivity contribution is 0.431. The number of fused-ring (bicyclic) bond motifs is 3. The van der Waals surface area contributed by atoms with E-state index in [4.69, 9.17) is 14.8 Å². The number of benzene rings is 4. The van der Waals surface area contributed by atoms with Gasteiger partial charge in [-0.15, -0.1) is 0 Å². The van der Waals surface area contributed by atoms with Crippen LogP contribution in [0.15, 0.2) is 121 Å². The second-order valence-electron chi connectivity index (χ2n) is 17.4. The van der Waals surface area contributed by atoms with Crippen LogP contribution in [-0.2, 0) is 10.8 Å². The average Bonchev–Trinajstić information content (AvgIpc) is 3.69. The van der Waals surface area contributed by atoms with Gasteiger partial charge in [-0.1, -0.05) is 109 Å². The number of para-hydroxylation sites is 1. The first kappa shape index (κ1) is 35.6. The van der Waals surface area contributed by atoms with Gasteiger partial charge in [-0.05, 0) is 91.8 Å². The van der Waals surface area contributed by atoms with Gasteiger partial charge in [0.15, 0.2) is 0 Å². The molecule has 5 heteroatoms. The van der Waals surface area contributed by atoms with Crippen molar-refractivity contribution < 1.29 is 4.74 Å². The van der Waals surface area contributed by atoms with Crippen LogP contribution in [0.5, 0.6) is 11.5 Å². The van der Waals surface area contributed by atoms with E-state index in [0.29, 0.717) is 11.8 Å². The number of hydrogen-bond donors (Lipinski definition) is 0. The quantitative estimate of drug-likeness (QED) is 0.161. The van der Waals surface area contributed by atoms with Crippen molar-refractivity contribution in [3.05, 3.63) is 143 Å². The molecule has 54 heavy (non-hydrogen) atoms. The molecule has 3 heterocycles. The lowest BCUT2D eigenvalue weighted by atomic mass is 9.70. The molecule has 0 spiro atoms. The van der Waals surface area contributed by atoms with Crippen molar-refractivity contribution in [1.82, 2.24) is 19.3 Å². The zero-order valence-electron chi connectivity index (χ0n) is 33.2. The number of ether oxygens (including phenoxy) is 1. The predicted molar refractivity (Wildman–Crippen MR) is 225 cm³/mol. The topological polar surface area (TPSA) is 44.9 Å². The zero-order valence-corrected chi connectivity index (χ0v) is 33.2. The number of aromatic nitrogens is 4. The molecule has 0 N–H and O–H groups in total. The number of hydrogen-bond acceptors (Lipinski definition) is 3. The molecule has 1 unspecified atom stereocenters. The highest BCUT2D eigenvalue weighted by Gasteiger charge is 2.39. The average molecular weight is 713 g/mol. The van der Waals surface area contributed by atoms with Crippen LogP contribution in [0, 0.1) is 12.8 Å². The van der Waals surface area contributed by atoms with Crippen LogP contribution in [0.25, 0.3) is 44.4 Å². The van der Waals surface area contributed by atoms with Crippen LogP contribution in [0.4, 0.5) is 0 Å². The molecule has 7 aromatic rings. The first-order chi connectivity index (χ1) is 25.8. The van der Waals surface area contributed by atoms with E-state index in [1.165, 1.54) is 34.3 Å². The summed E-state index contributed by atoms with van der Waals surface area (Å²) < 4.78 is 11.3. The van der Waals surface area contributed by atoms with E-state index in [1.807, 2.05) is 12.3 Å². The van der Waals surface area contributed by atoms with Gasteiger partial charge in [-0.25, -0.2) is 9.67 Å². The standard InChI is InChI=1S/C49H52N4O/c1-31-26-36(53-47(49(7,8)9)45(46(51-53)48(4,5)6)44-32(2)16-15-17-33(44)3)29-38(27-31)54-37-22-23-40-39-20-13-14-21-41(39)52(42(40)30-37)43-28-35(24-25-50-43)34-18-11-10-12-19-34/h10-14,16,18-30,33,44H,15,17H2,1-9H3/t33-,44?/m0/s1. The van der Waals surface area contributed by atoms with Gasteiger partial charge in [0.05, 0.1) is 28.1 Å². The van der Waals surface area contributed by atoms with Crippen LogP contribution in [0.1, 0.15) is 96.7 Å². The molecule has 0 fully saturated rings. The molecule has 0 saturated carbocycles. The maximum absolute atomic E-state index is 6.81. The normalized spacial score (nSPS) is 16.6. The fourth-order valence-corrected chi connectivity index (χ4v) is 8.67. The SMILES string of the molecule is CC1=CCC[C@H](C)C1c1c(C(C)(C)C)nn(-c2cc(C)cc(Oc3ccc4c5ccccc5n(-c5cc(-c6ccccc6)ccn5)c4c3)c2)c1C(C)(C)C. The van der Waals surface area contributed by atoms with E-state index < -0.39 is 0 Å². The molecule has 1 aliphatic carbocycles. The smallest absolute Gasteiger partial charge is 0.138 e. The van der Waals surface area contributed by atoms with Crippen LogP contribution in [0.3, 0.4) is 0 Å². The molecule has 4 aromatic carbocycles. The highest BCUT2D eigenvalue weighted by Crippen LogP contribution is 2.47. The summed E-state index contributed by atoms with van der Waals surface area (Å²) in [4.78, 5) is 4.88. The summed E-state index contributed by atoms with van der Waals surface area (Å²) in [6, 6.07) is 36.2. The van der Waals surface area contributed by atoms with Crippen molar-refractivity contribution in [3.8, 4) is 34.1 Å². The Kier molecular flexibility index (Phi) is 8.87. The molecule has 0 radical (unpaired) electrons. The van der Waals surface area contributed by atoms with Crippen molar-refractivity contribution in [1.29, 1.82) is 0 Å². The Hall–Kier alpha value is -5.42. The van der Waals surface area contributed by atoms with Crippen LogP contribution < -0.4 is 4.74 Å². The monoisotopic (exact) mass is 712 g/mol. The maximum Gasteiger partial charge on any atom is 0.138 e. The molecule has 8 rings (SSSR count). The third kappa shape index (κ3) is 6.44. The number of aryl methyl sites for hydroxylation is 1. The summed E-state index contributed by atoms with van der Waals surface area (Å²) in [5, 5.41) is 7.85. The molecule has 0 amide bonds. The Morgan fingerprint density at radius 3 is 2.19 bits per heavy atom. The lowest BCUT2D eigenvalue weighted by Gasteiger charge is -2.34. The van der Waals surface area contributed by atoms with Gasteiger partial charge < -0.3 is 4.74 Å². The summed E-state index contributed by atoms with van der Waals surface area (Å²) in [6.45, 7) is 20.8. The number of pyridine rings is 1. The molecule has 0 bridgehead atoms. The molecular weight excluding hydrogens is 661 g/mol. The highest BCUT2D eigenvalue weighted by molar-refractivity contribution is 6.09. The first-order valence-electron chi connectivity index (χ1n) is 19.4. The van der Waals surface area contributed by atoms with Gasteiger partial charge in [0.25, 0.3) is 0 Å². The van der Waals surface area contributed by atoms with Gasteiger partial charge in [0, 0.05) is 51.4 Å². The minimum absolute atomic E-state index is 0.121. The predicted octanol–water partition coefficient (Wildman–Crippen LogP) is 13.2. The van der Waals surface area contributed by atoms with E-state index in [-0.39, 0.29) is 10.8 Å². The van der Waals surface area contributed by atoms with Crippen LogP contribution >= 0.6 is 0 Å². The van der Waals surface area contributed by atoms with E-state index in [1.54, 1.807) is 0 Å². The maximum atomic E-state index is 6.81. The Balaban J connectivity index is 1.25. The summed E-state index contributed by atoms with van der Waals surface area (Å²) in [5.74, 6) is 3.32. The Labute approximate surface area is 320 Å². The van der Waals surface area contributed by atoms with E-state index in [0.717, 1.165) is 62.5 Å². The third-order valence-corrected chi connectivity index (χ3v) is 11.0. The first-order valence-corrected chi connectivity index (χ1v) is 19.4. The molecule has 0 saturated heterocycles. The number of rotatable bonds is 6. The number of nitrogens with zero attached hydrogens (tertiary/aromatic N) is 4. The van der Waals surface area contributed by atoms with Crippen molar-refractivity contribution in [2.45, 2.75) is 91.9 Å². The summed E-state index contributed by atoms with van der Waals surface area (Å²) >= 11 is 0. The molecule has 274 valence electrons. The minimum Gasteiger partial charge on any atom is -0.457 e. The second kappa shape index (κ2) is 13.5. The van der Waals surface area contributed by atoms with Crippen molar-refractivity contribution in [2.75, 3.05) is 0 Å². The van der Waals surface area contributed by atoms with Gasteiger partial charge in [-0.3, -0.25) is 4.57 Å². The summed E-state index contributed by atoms with van der Waals surface area (Å²) in [5.41, 5.74) is 11.7. The fraction of sp³-hybridized carbons (Fsp3) is 0.306. The Bertz CT molecular complexity index is 2540. The molecule has 0 aliphatic heterocycles. The Morgan fingerprint density at radius 1 is 0.704 bits per heavy atom. The molecule has 1 aliphatic rings. The fourth-order valence-electron chi connectivity index (χ4n) is 8.67. The van der Waals surface area contributed by atoms with Gasteiger partial charge in [0.2, 0.25) is 0 Å². The molecular formula is C49H52N4O. The van der Waals surface area contributed by atoms with Gasteiger partial charge >= 0.3 is 0 Å². The van der Waals surface area contributed by atoms with Crippen molar-refractivity contribution in [2.24, 2.45) is 5.92 Å². The third-order valence-electron chi connectivity index (χ3n) is 11.0. The van der Waals surface area contributed by atoms with Crippen LogP contribution in [0.2, 0.25) is 0 Å². The van der Waals surface area contributed by atoms with Gasteiger partial charge in [0.1, 0.15) is 17.3 Å². The molecule has 5 nitrogen and oxygen atoms in total. The van der Waals surface area contributed by atoms with E-state index in [9.17, 15) is 0 Å². The highest BCUT2D eigenvalue weighted by atomic mass is 16.5. The van der Waals surface area contributed by atoms with Crippen LogP contribution in [-0.4, -0.2) is 19.3 Å². The lowest BCUT2D eigenvalue weighted by Crippen LogP contribution is -2.25. The van der Waals surface area contributed by atoms with E-state index >= 15 is 0 Å². The Morgan fingerprint density at radius 2 is 1.44 bits per heavy atom. The van der Waals surface area contributed by atoms with Gasteiger partial charge in [-0.2, -0.15) is 5.10 Å². The van der Waals surface area contributed by atoms with Crippen molar-refractivity contribution in [3.63, 3.8) is 0 Å². The second-order valence-corrected chi connectivity index (χ2v) is 17.4. The summed E-state index contributed by atoms with van der Waals surface area (Å²) in [7, 11) is 0. The summed E-state index contributed by atoms with van der Waals surface area (Å²) in [6.07, 6.45) is 6.69. The minimum atomic E-state index is -0.141.